The van der Waals surface area contributed by atoms with Crippen molar-refractivity contribution in [2.24, 2.45) is 0 Å². The Bertz CT molecular complexity index is 3550. The van der Waals surface area contributed by atoms with E-state index in [1.807, 2.05) is 30.3 Å². The molecule has 0 amide bonds. The third-order valence-electron chi connectivity index (χ3n) is 12.4. The molecule has 53 heavy (non-hydrogen) atoms. The molecule has 4 aliphatic rings. The minimum atomic E-state index is -4.57. The van der Waals surface area contributed by atoms with Crippen LogP contribution in [0.2, 0.25) is 0 Å². The molecular weight excluding hydrogens is 721 g/mol. The number of nitrogens with zero attached hydrogens (tertiary/aromatic N) is 5. The van der Waals surface area contributed by atoms with Crippen molar-refractivity contribution in [2.45, 2.75) is 5.66 Å². The van der Waals surface area contributed by atoms with Crippen LogP contribution >= 0.6 is 0 Å². The average Bonchev–Trinajstić information content (AvgIpc) is 3.98. The van der Waals surface area contributed by atoms with Crippen molar-refractivity contribution >= 4 is 65.4 Å². The van der Waals surface area contributed by atoms with Crippen LogP contribution < -0.4 is 18.2 Å². The van der Waals surface area contributed by atoms with Gasteiger partial charge in [-0.15, -0.1) is 0 Å². The third kappa shape index (κ3) is 2.75. The van der Waals surface area contributed by atoms with Crippen molar-refractivity contribution in [3.63, 3.8) is 0 Å². The zero-order valence-electron chi connectivity index (χ0n) is 27.9. The van der Waals surface area contributed by atoms with Crippen LogP contribution in [0.3, 0.4) is 0 Å². The molecule has 8 heteroatoms. The van der Waals surface area contributed by atoms with Crippen molar-refractivity contribution in [3.8, 4) is 39.3 Å². The van der Waals surface area contributed by atoms with Crippen LogP contribution in [0.25, 0.3) is 83.1 Å². The standard InChI is InChI=1S/C45H25N5O2Se/c51-53(52)39-17-6-3-11-30(39)31-19-18-26(23-40(31)53)27-24-47-36-15-7-16-37-41(36)45(48(47)25-27)42-38(21-20-32-28-9-1-4-13-34(28)49(37)43(32)42)50-35-14-5-2-10-29(35)33-12-8-22-46(45)44(33)50/h1-25H/q+2. The SMILES string of the molecule is O=[Se]1(=O)c2ccccc2-c2ccc(-c3cn4[n+](c3)C35c6c(cccc6-4)-n4c6ccccc6c6ccc(c3c64)-n3c4ccccc4c4ccc[n+]5c43)cc21. The van der Waals surface area contributed by atoms with E-state index >= 15 is 0 Å². The molecule has 0 bridgehead atoms. The normalized spacial score (nSPS) is 17.4. The average molecular weight is 747 g/mol. The number of hydrogen-bond donors (Lipinski definition) is 0. The second-order valence-corrected chi connectivity index (χ2v) is 18.6. The molecule has 1 spiro atoms. The second-order valence-electron chi connectivity index (χ2n) is 14.6. The van der Waals surface area contributed by atoms with Gasteiger partial charge in [-0.25, -0.2) is 0 Å². The Kier molecular flexibility index (Phi) is 4.37. The van der Waals surface area contributed by atoms with Gasteiger partial charge in [0.2, 0.25) is 0 Å². The van der Waals surface area contributed by atoms with E-state index in [0.29, 0.717) is 8.92 Å². The molecule has 0 radical (unpaired) electrons. The first-order valence-corrected chi connectivity index (χ1v) is 21.0. The van der Waals surface area contributed by atoms with E-state index in [4.69, 9.17) is 0 Å². The molecule has 7 nitrogen and oxygen atoms in total. The van der Waals surface area contributed by atoms with Gasteiger partial charge in [0.05, 0.1) is 0 Å². The summed E-state index contributed by atoms with van der Waals surface area (Å²) < 4.78 is 40.8. The Morgan fingerprint density at radius 1 is 0.547 bits per heavy atom. The molecule has 0 aliphatic carbocycles. The van der Waals surface area contributed by atoms with Gasteiger partial charge < -0.3 is 0 Å². The summed E-state index contributed by atoms with van der Waals surface area (Å²) >= 11 is -4.57. The summed E-state index contributed by atoms with van der Waals surface area (Å²) in [6, 6.07) is 46.5. The fourth-order valence-corrected chi connectivity index (χ4v) is 14.0. The summed E-state index contributed by atoms with van der Waals surface area (Å²) in [6.45, 7) is 0. The molecular formula is C45H25N5O2Se+2. The zero-order chi connectivity index (χ0) is 34.5. The Morgan fingerprint density at radius 2 is 1.26 bits per heavy atom. The van der Waals surface area contributed by atoms with Crippen molar-refractivity contribution in [2.75, 3.05) is 0 Å². The summed E-state index contributed by atoms with van der Waals surface area (Å²) in [5.74, 6) is 0. The van der Waals surface area contributed by atoms with E-state index in [2.05, 4.69) is 139 Å². The van der Waals surface area contributed by atoms with Crippen molar-refractivity contribution in [1.82, 2.24) is 13.8 Å². The third-order valence-corrected chi connectivity index (χ3v) is 16.3. The minimum absolute atomic E-state index is 0.438. The van der Waals surface area contributed by atoms with Gasteiger partial charge in [0.15, 0.2) is 0 Å². The maximum atomic E-state index is 13.9. The van der Waals surface area contributed by atoms with E-state index in [1.165, 1.54) is 49.2 Å². The molecule has 0 saturated heterocycles. The van der Waals surface area contributed by atoms with Crippen LogP contribution in [0, 0.1) is 0 Å². The van der Waals surface area contributed by atoms with Crippen LogP contribution in [-0.4, -0.2) is 26.5 Å². The van der Waals surface area contributed by atoms with Gasteiger partial charge in [-0.1, -0.05) is 24.3 Å². The molecule has 246 valence electrons. The molecule has 0 fully saturated rings. The van der Waals surface area contributed by atoms with E-state index in [1.54, 1.807) is 6.07 Å². The predicted octanol–water partition coefficient (Wildman–Crippen LogP) is 6.55. The van der Waals surface area contributed by atoms with E-state index < -0.39 is 18.4 Å². The Morgan fingerprint density at radius 3 is 2.15 bits per heavy atom. The molecule has 1 unspecified atom stereocenters. The molecule has 1 atom stereocenters. The number of pyridine rings is 1. The fourth-order valence-electron chi connectivity index (χ4n) is 10.4. The molecule has 6 aromatic carbocycles. The summed E-state index contributed by atoms with van der Waals surface area (Å²) in [7, 11) is 0. The molecule has 0 N–H and O–H groups in total. The Labute approximate surface area is 303 Å². The first-order valence-electron chi connectivity index (χ1n) is 17.9. The number of hydrogen-bond acceptors (Lipinski definition) is 2. The van der Waals surface area contributed by atoms with Crippen molar-refractivity contribution < 1.29 is 16.9 Å². The van der Waals surface area contributed by atoms with Crippen LogP contribution in [0.4, 0.5) is 0 Å². The molecule has 14 rings (SSSR count). The van der Waals surface area contributed by atoms with Crippen LogP contribution in [0.5, 0.6) is 0 Å². The van der Waals surface area contributed by atoms with Gasteiger partial charge in [0.25, 0.3) is 0 Å². The van der Waals surface area contributed by atoms with Gasteiger partial charge in [-0.05, 0) is 0 Å². The van der Waals surface area contributed by atoms with Gasteiger partial charge in [-0.2, -0.15) is 0 Å². The predicted molar refractivity (Wildman–Crippen MR) is 204 cm³/mol. The van der Waals surface area contributed by atoms with E-state index in [0.717, 1.165) is 45.0 Å². The molecule has 4 aliphatic heterocycles. The second kappa shape index (κ2) is 8.54. The van der Waals surface area contributed by atoms with Crippen molar-refractivity contribution in [3.05, 3.63) is 163 Å². The quantitative estimate of drug-likeness (QED) is 0.142. The van der Waals surface area contributed by atoms with Crippen molar-refractivity contribution in [1.29, 1.82) is 0 Å². The number of para-hydroxylation sites is 2. The Hall–Kier alpha value is -6.60. The van der Waals surface area contributed by atoms with Crippen LogP contribution in [-0.2, 0) is 13.3 Å². The Balaban J connectivity index is 1.16. The summed E-state index contributed by atoms with van der Waals surface area (Å²) in [4.78, 5) is 0. The monoisotopic (exact) mass is 747 g/mol. The molecule has 8 heterocycles. The van der Waals surface area contributed by atoms with Gasteiger partial charge in [0.1, 0.15) is 0 Å². The number of aromatic nitrogens is 5. The number of fused-ring (bicyclic) bond motifs is 13. The molecule has 10 aromatic rings. The number of benzene rings is 6. The molecule has 0 saturated carbocycles. The van der Waals surface area contributed by atoms with Crippen LogP contribution in [0.15, 0.2) is 152 Å². The summed E-state index contributed by atoms with van der Waals surface area (Å²) in [5, 5.41) is 4.87. The van der Waals surface area contributed by atoms with E-state index in [9.17, 15) is 7.67 Å². The topological polar surface area (TPSA) is 56.7 Å². The first kappa shape index (κ1) is 27.1. The fraction of sp³-hybridized carbons (Fsp3) is 0.0222. The number of rotatable bonds is 1. The van der Waals surface area contributed by atoms with Gasteiger partial charge >= 0.3 is 280 Å². The molecule has 4 aromatic heterocycles. The summed E-state index contributed by atoms with van der Waals surface area (Å²) in [5.41, 5.74) is 13.2. The van der Waals surface area contributed by atoms with Crippen LogP contribution in [0.1, 0.15) is 11.1 Å². The van der Waals surface area contributed by atoms with Gasteiger partial charge in [0, 0.05) is 0 Å². The van der Waals surface area contributed by atoms with Gasteiger partial charge in [-0.3, -0.25) is 0 Å². The zero-order valence-corrected chi connectivity index (χ0v) is 29.6. The first-order chi connectivity index (χ1) is 26.1. The van der Waals surface area contributed by atoms with E-state index in [-0.39, 0.29) is 0 Å². The maximum absolute atomic E-state index is 13.9. The summed E-state index contributed by atoms with van der Waals surface area (Å²) in [6.07, 6.45) is 6.67.